The third-order valence-electron chi connectivity index (χ3n) is 0.910. The highest BCUT2D eigenvalue weighted by atomic mass is 32.1. The molecule has 9 heavy (non-hydrogen) atoms. The zero-order chi connectivity index (χ0) is 7.02. The largest absolute Gasteiger partial charge is 0.494 e. The first-order valence-corrected chi connectivity index (χ1v) is 3.04. The molecule has 0 aliphatic heterocycles. The molecule has 3 N–H and O–H groups in total. The lowest BCUT2D eigenvalue weighted by molar-refractivity contribution is 0.419. The molecule has 3 nitrogen and oxygen atoms in total. The first-order valence-electron chi connectivity index (χ1n) is 2.14. The number of hydrogen-bond acceptors (Lipinski definition) is 4. The van der Waals surface area contributed by atoms with Crippen molar-refractivity contribution in [2.45, 2.75) is 9.79 Å². The molecule has 0 aliphatic rings. The molecular formula is C4H5NO2S2. The summed E-state index contributed by atoms with van der Waals surface area (Å²) in [6.07, 6.45) is 0. The van der Waals surface area contributed by atoms with Crippen LogP contribution in [0.3, 0.4) is 0 Å². The highest BCUT2D eigenvalue weighted by Gasteiger charge is 2.08. The fourth-order valence-electron chi connectivity index (χ4n) is 0.455. The Morgan fingerprint density at radius 1 is 1.00 bits per heavy atom. The molecule has 1 aromatic heterocycles. The zero-order valence-corrected chi connectivity index (χ0v) is 6.08. The van der Waals surface area contributed by atoms with E-state index in [9.17, 15) is 0 Å². The first-order chi connectivity index (χ1) is 4.13. The molecule has 0 fully saturated rings. The lowest BCUT2D eigenvalue weighted by atomic mass is 10.6. The summed E-state index contributed by atoms with van der Waals surface area (Å²) in [5, 5.41) is 17.6. The van der Waals surface area contributed by atoms with Gasteiger partial charge in [0.05, 0.1) is 9.79 Å². The van der Waals surface area contributed by atoms with Gasteiger partial charge in [0, 0.05) is 0 Å². The van der Waals surface area contributed by atoms with Gasteiger partial charge >= 0.3 is 0 Å². The summed E-state index contributed by atoms with van der Waals surface area (Å²) in [5.74, 6) is -0.332. The highest BCUT2D eigenvalue weighted by molar-refractivity contribution is 7.83. The number of hydrogen-bond donors (Lipinski definition) is 5. The maximum atomic E-state index is 8.78. The van der Waals surface area contributed by atoms with Crippen LogP contribution in [-0.2, 0) is 0 Å². The second-order valence-electron chi connectivity index (χ2n) is 1.52. The SMILES string of the molecule is Oc1[nH]c(O)c(S)c1S. The van der Waals surface area contributed by atoms with Crippen LogP contribution in [0.1, 0.15) is 0 Å². The maximum absolute atomic E-state index is 8.78. The Kier molecular flexibility index (Phi) is 1.54. The van der Waals surface area contributed by atoms with Crippen molar-refractivity contribution in [1.82, 2.24) is 4.98 Å². The molecule has 0 bridgehead atoms. The average Bonchev–Trinajstić information content (AvgIpc) is 1.98. The molecule has 1 rings (SSSR count). The summed E-state index contributed by atoms with van der Waals surface area (Å²) in [7, 11) is 0. The summed E-state index contributed by atoms with van der Waals surface area (Å²) >= 11 is 7.63. The number of aromatic nitrogens is 1. The van der Waals surface area contributed by atoms with Gasteiger partial charge in [0.2, 0.25) is 11.8 Å². The molecule has 1 aromatic rings. The second-order valence-corrected chi connectivity index (χ2v) is 2.41. The molecule has 50 valence electrons. The van der Waals surface area contributed by atoms with Gasteiger partial charge in [-0.1, -0.05) is 0 Å². The van der Waals surface area contributed by atoms with E-state index in [1.54, 1.807) is 0 Å². The molecule has 0 unspecified atom stereocenters. The summed E-state index contributed by atoms with van der Waals surface area (Å²) in [6.45, 7) is 0. The summed E-state index contributed by atoms with van der Waals surface area (Å²) in [5.41, 5.74) is 0. The summed E-state index contributed by atoms with van der Waals surface area (Å²) < 4.78 is 0. The average molecular weight is 163 g/mol. The fraction of sp³-hybridized carbons (Fsp3) is 0. The van der Waals surface area contributed by atoms with Gasteiger partial charge in [-0.3, -0.25) is 4.98 Å². The zero-order valence-electron chi connectivity index (χ0n) is 4.29. The smallest absolute Gasteiger partial charge is 0.206 e. The number of thiol groups is 2. The maximum Gasteiger partial charge on any atom is 0.206 e. The van der Waals surface area contributed by atoms with Crippen LogP contribution < -0.4 is 0 Å². The number of aromatic amines is 1. The molecule has 0 saturated heterocycles. The van der Waals surface area contributed by atoms with Gasteiger partial charge in [-0.15, -0.1) is 25.3 Å². The van der Waals surface area contributed by atoms with E-state index in [-0.39, 0.29) is 21.6 Å². The van der Waals surface area contributed by atoms with Crippen molar-refractivity contribution in [3.8, 4) is 11.8 Å². The lowest BCUT2D eigenvalue weighted by Crippen LogP contribution is -1.59. The Morgan fingerprint density at radius 2 is 1.33 bits per heavy atom. The second kappa shape index (κ2) is 2.07. The Labute approximate surface area is 62.5 Å². The molecule has 5 heteroatoms. The van der Waals surface area contributed by atoms with Crippen molar-refractivity contribution in [3.05, 3.63) is 0 Å². The molecular weight excluding hydrogens is 158 g/mol. The van der Waals surface area contributed by atoms with Crippen LogP contribution in [0, 0.1) is 0 Å². The van der Waals surface area contributed by atoms with Gasteiger partial charge in [-0.25, -0.2) is 0 Å². The minimum atomic E-state index is -0.166. The Balaban J connectivity index is 3.29. The van der Waals surface area contributed by atoms with Crippen molar-refractivity contribution < 1.29 is 10.2 Å². The standard InChI is InChI=1S/C4H5NO2S2/c6-3-1(8)2(9)4(7)5-3/h5-9H. The fourth-order valence-corrected chi connectivity index (χ4v) is 0.778. The van der Waals surface area contributed by atoms with E-state index >= 15 is 0 Å². The Bertz CT molecular complexity index is 210. The number of aromatic hydroxyl groups is 2. The predicted molar refractivity (Wildman–Crippen MR) is 38.6 cm³/mol. The van der Waals surface area contributed by atoms with Gasteiger partial charge < -0.3 is 10.2 Å². The lowest BCUT2D eigenvalue weighted by Gasteiger charge is -1.83. The molecule has 0 amide bonds. The Hall–Kier alpha value is -0.420. The van der Waals surface area contributed by atoms with E-state index in [0.29, 0.717) is 0 Å². The molecule has 0 aliphatic carbocycles. The predicted octanol–water partition coefficient (Wildman–Crippen LogP) is 1.00. The topological polar surface area (TPSA) is 56.2 Å². The van der Waals surface area contributed by atoms with Gasteiger partial charge in [0.25, 0.3) is 0 Å². The Morgan fingerprint density at radius 3 is 1.44 bits per heavy atom. The van der Waals surface area contributed by atoms with Gasteiger partial charge in [0.15, 0.2) is 0 Å². The summed E-state index contributed by atoms with van der Waals surface area (Å²) in [4.78, 5) is 2.75. The van der Waals surface area contributed by atoms with E-state index in [0.717, 1.165) is 0 Å². The van der Waals surface area contributed by atoms with Crippen molar-refractivity contribution in [2.75, 3.05) is 0 Å². The third-order valence-corrected chi connectivity index (χ3v) is 1.96. The molecule has 0 aromatic carbocycles. The van der Waals surface area contributed by atoms with E-state index in [1.165, 1.54) is 0 Å². The van der Waals surface area contributed by atoms with Crippen molar-refractivity contribution >= 4 is 25.3 Å². The van der Waals surface area contributed by atoms with E-state index in [4.69, 9.17) is 10.2 Å². The highest BCUT2D eigenvalue weighted by Crippen LogP contribution is 2.34. The van der Waals surface area contributed by atoms with E-state index in [1.807, 2.05) is 0 Å². The normalized spacial score (nSPS) is 10.0. The van der Waals surface area contributed by atoms with Crippen molar-refractivity contribution in [1.29, 1.82) is 0 Å². The van der Waals surface area contributed by atoms with Gasteiger partial charge in [-0.05, 0) is 0 Å². The van der Waals surface area contributed by atoms with E-state index < -0.39 is 0 Å². The van der Waals surface area contributed by atoms with Crippen LogP contribution >= 0.6 is 25.3 Å². The minimum Gasteiger partial charge on any atom is -0.494 e. The molecule has 1 heterocycles. The summed E-state index contributed by atoms with van der Waals surface area (Å²) in [6, 6.07) is 0. The number of H-pyrrole nitrogens is 1. The third kappa shape index (κ3) is 0.972. The van der Waals surface area contributed by atoms with Gasteiger partial charge in [0.1, 0.15) is 0 Å². The monoisotopic (exact) mass is 163 g/mol. The molecule has 0 spiro atoms. The van der Waals surface area contributed by atoms with Crippen LogP contribution in [0.4, 0.5) is 0 Å². The quantitative estimate of drug-likeness (QED) is 0.371. The van der Waals surface area contributed by atoms with Crippen molar-refractivity contribution in [2.24, 2.45) is 0 Å². The molecule has 0 atom stereocenters. The van der Waals surface area contributed by atoms with Crippen LogP contribution in [0.15, 0.2) is 9.79 Å². The minimum absolute atomic E-state index is 0.166. The van der Waals surface area contributed by atoms with Crippen molar-refractivity contribution in [3.63, 3.8) is 0 Å². The number of nitrogens with one attached hydrogen (secondary N) is 1. The number of rotatable bonds is 0. The van der Waals surface area contributed by atoms with Crippen LogP contribution in [0.5, 0.6) is 11.8 Å². The molecule has 0 radical (unpaired) electrons. The van der Waals surface area contributed by atoms with Crippen LogP contribution in [0.25, 0.3) is 0 Å². The molecule has 0 saturated carbocycles. The van der Waals surface area contributed by atoms with E-state index in [2.05, 4.69) is 30.2 Å². The van der Waals surface area contributed by atoms with Gasteiger partial charge in [-0.2, -0.15) is 0 Å². The van der Waals surface area contributed by atoms with Crippen LogP contribution in [0.2, 0.25) is 0 Å². The first kappa shape index (κ1) is 6.70. The van der Waals surface area contributed by atoms with Crippen LogP contribution in [-0.4, -0.2) is 15.2 Å².